The predicted molar refractivity (Wildman–Crippen MR) is 105 cm³/mol. The third-order valence-corrected chi connectivity index (χ3v) is 9.64. The molecule has 0 bridgehead atoms. The molecule has 0 aromatic heterocycles. The Morgan fingerprint density at radius 1 is 1.07 bits per heavy atom. The molecule has 1 amide bonds. The standard InChI is InChI=1S/C19H35NO6Si/c1-18(2,3)25-17(23)20-12-14(26-27(8,9)19(4,5)6)10-13(20)11-15(21)16(22)24-7/h13-14H,10-12H2,1-9H3/t13-,14+/m0/s1. The van der Waals surface area contributed by atoms with E-state index in [0.717, 1.165) is 0 Å². The number of amides is 1. The van der Waals surface area contributed by atoms with Crippen LogP contribution in [0.4, 0.5) is 4.79 Å². The van der Waals surface area contributed by atoms with Gasteiger partial charge in [-0.2, -0.15) is 0 Å². The molecule has 0 saturated carbocycles. The average Bonchev–Trinajstić information content (AvgIpc) is 2.85. The summed E-state index contributed by atoms with van der Waals surface area (Å²) in [6, 6.07) is -0.443. The summed E-state index contributed by atoms with van der Waals surface area (Å²) in [4.78, 5) is 37.7. The Hall–Kier alpha value is -1.41. The van der Waals surface area contributed by atoms with Crippen molar-refractivity contribution < 1.29 is 28.3 Å². The van der Waals surface area contributed by atoms with E-state index in [2.05, 4.69) is 38.6 Å². The molecule has 0 N–H and O–H groups in total. The SMILES string of the molecule is COC(=O)C(=O)C[C@@H]1C[C@@H](O[Si](C)(C)C(C)(C)C)CN1C(=O)OC(C)(C)C. The van der Waals surface area contributed by atoms with E-state index in [4.69, 9.17) is 9.16 Å². The molecular weight excluding hydrogens is 366 g/mol. The normalized spacial score (nSPS) is 21.1. The van der Waals surface area contributed by atoms with Crippen molar-refractivity contribution in [3.05, 3.63) is 0 Å². The van der Waals surface area contributed by atoms with Crippen LogP contribution < -0.4 is 0 Å². The molecule has 2 atom stereocenters. The van der Waals surface area contributed by atoms with Gasteiger partial charge in [-0.25, -0.2) is 9.59 Å². The van der Waals surface area contributed by atoms with Crippen molar-refractivity contribution in [2.75, 3.05) is 13.7 Å². The van der Waals surface area contributed by atoms with Gasteiger partial charge in [0.2, 0.25) is 5.78 Å². The zero-order valence-electron chi connectivity index (χ0n) is 18.2. The molecule has 1 saturated heterocycles. The molecular formula is C19H35NO6Si. The minimum absolute atomic E-state index is 0.0314. The fourth-order valence-corrected chi connectivity index (χ4v) is 4.06. The maximum atomic E-state index is 12.6. The van der Waals surface area contributed by atoms with Gasteiger partial charge in [-0.15, -0.1) is 0 Å². The highest BCUT2D eigenvalue weighted by atomic mass is 28.4. The minimum Gasteiger partial charge on any atom is -0.463 e. The lowest BCUT2D eigenvalue weighted by atomic mass is 10.1. The van der Waals surface area contributed by atoms with Crippen molar-refractivity contribution in [1.29, 1.82) is 0 Å². The van der Waals surface area contributed by atoms with Crippen molar-refractivity contribution in [2.45, 2.75) is 90.3 Å². The molecule has 8 heteroatoms. The number of esters is 1. The molecule has 1 aliphatic rings. The van der Waals surface area contributed by atoms with Crippen LogP contribution in [0.1, 0.15) is 54.4 Å². The molecule has 0 spiro atoms. The maximum Gasteiger partial charge on any atom is 0.410 e. The Labute approximate surface area is 163 Å². The van der Waals surface area contributed by atoms with Gasteiger partial charge in [-0.05, 0) is 45.3 Å². The highest BCUT2D eigenvalue weighted by Gasteiger charge is 2.45. The van der Waals surface area contributed by atoms with Gasteiger partial charge in [0.1, 0.15) is 5.60 Å². The number of likely N-dealkylation sites (tertiary alicyclic amines) is 1. The van der Waals surface area contributed by atoms with Crippen LogP contribution in [0.3, 0.4) is 0 Å². The number of Topliss-reactive ketones (excluding diaryl/α,β-unsaturated/α-hetero) is 1. The molecule has 0 aromatic carbocycles. The molecule has 1 aliphatic heterocycles. The van der Waals surface area contributed by atoms with Crippen molar-refractivity contribution in [1.82, 2.24) is 4.90 Å². The quantitative estimate of drug-likeness (QED) is 0.398. The van der Waals surface area contributed by atoms with Gasteiger partial charge in [0.05, 0.1) is 13.2 Å². The van der Waals surface area contributed by atoms with Crippen molar-refractivity contribution in [3.8, 4) is 0 Å². The molecule has 1 heterocycles. The maximum absolute atomic E-state index is 12.6. The van der Waals surface area contributed by atoms with Crippen molar-refractivity contribution in [2.24, 2.45) is 0 Å². The van der Waals surface area contributed by atoms with Crippen molar-refractivity contribution >= 4 is 26.2 Å². The lowest BCUT2D eigenvalue weighted by molar-refractivity contribution is -0.152. The van der Waals surface area contributed by atoms with Crippen LogP contribution in [0.25, 0.3) is 0 Å². The lowest BCUT2D eigenvalue weighted by Gasteiger charge is -2.38. The van der Waals surface area contributed by atoms with Crippen LogP contribution in [0, 0.1) is 0 Å². The Kier molecular flexibility index (Phi) is 7.27. The number of carbonyl (C=O) groups excluding carboxylic acids is 3. The van der Waals surface area contributed by atoms with Gasteiger partial charge in [-0.1, -0.05) is 20.8 Å². The van der Waals surface area contributed by atoms with E-state index >= 15 is 0 Å². The van der Waals surface area contributed by atoms with Crippen LogP contribution in [-0.2, 0) is 23.5 Å². The van der Waals surface area contributed by atoms with Gasteiger partial charge >= 0.3 is 12.1 Å². The van der Waals surface area contributed by atoms with Crippen LogP contribution in [0.5, 0.6) is 0 Å². The number of nitrogens with zero attached hydrogens (tertiary/aromatic N) is 1. The fraction of sp³-hybridized carbons (Fsp3) is 0.842. The van der Waals surface area contributed by atoms with Gasteiger partial charge < -0.3 is 18.8 Å². The fourth-order valence-electron chi connectivity index (χ4n) is 2.70. The third kappa shape index (κ3) is 6.60. The molecule has 0 unspecified atom stereocenters. The Balaban J connectivity index is 2.97. The van der Waals surface area contributed by atoms with Gasteiger partial charge in [-0.3, -0.25) is 4.79 Å². The molecule has 1 fully saturated rings. The largest absolute Gasteiger partial charge is 0.463 e. The summed E-state index contributed by atoms with van der Waals surface area (Å²) in [5, 5.41) is 0.0314. The average molecular weight is 402 g/mol. The van der Waals surface area contributed by atoms with Crippen LogP contribution in [0.15, 0.2) is 0 Å². The van der Waals surface area contributed by atoms with Crippen LogP contribution in [-0.4, -0.2) is 62.5 Å². The highest BCUT2D eigenvalue weighted by Crippen LogP contribution is 2.39. The molecule has 0 radical (unpaired) electrons. The smallest absolute Gasteiger partial charge is 0.410 e. The number of carbonyl (C=O) groups is 3. The molecule has 27 heavy (non-hydrogen) atoms. The molecule has 7 nitrogen and oxygen atoms in total. The summed E-state index contributed by atoms with van der Waals surface area (Å²) in [6.45, 7) is 16.5. The number of methoxy groups -OCH3 is 1. The summed E-state index contributed by atoms with van der Waals surface area (Å²) in [6.07, 6.45) is -0.280. The number of ether oxygens (including phenoxy) is 2. The van der Waals surface area contributed by atoms with E-state index in [9.17, 15) is 14.4 Å². The first-order chi connectivity index (χ1) is 12.1. The van der Waals surface area contributed by atoms with Gasteiger partial charge in [0.25, 0.3) is 0 Å². The number of hydrogen-bond donors (Lipinski definition) is 0. The third-order valence-electron chi connectivity index (χ3n) is 5.11. The van der Waals surface area contributed by atoms with E-state index in [0.29, 0.717) is 13.0 Å². The number of hydrogen-bond acceptors (Lipinski definition) is 6. The van der Waals surface area contributed by atoms with Crippen LogP contribution >= 0.6 is 0 Å². The lowest BCUT2D eigenvalue weighted by Crippen LogP contribution is -2.45. The van der Waals surface area contributed by atoms with Gasteiger partial charge in [0.15, 0.2) is 8.32 Å². The van der Waals surface area contributed by atoms with Crippen molar-refractivity contribution in [3.63, 3.8) is 0 Å². The van der Waals surface area contributed by atoms with E-state index in [1.807, 2.05) is 0 Å². The summed E-state index contributed by atoms with van der Waals surface area (Å²) in [5.41, 5.74) is -0.646. The topological polar surface area (TPSA) is 82.1 Å². The first-order valence-corrected chi connectivity index (χ1v) is 12.3. The minimum atomic E-state index is -2.03. The zero-order valence-corrected chi connectivity index (χ0v) is 19.2. The van der Waals surface area contributed by atoms with Crippen LogP contribution in [0.2, 0.25) is 18.1 Å². The molecule has 0 aliphatic carbocycles. The summed E-state index contributed by atoms with van der Waals surface area (Å²) < 4.78 is 16.4. The summed E-state index contributed by atoms with van der Waals surface area (Å²) >= 11 is 0. The molecule has 0 aromatic rings. The second-order valence-corrected chi connectivity index (χ2v) is 14.4. The molecule has 156 valence electrons. The second-order valence-electron chi connectivity index (χ2n) is 9.64. The van der Waals surface area contributed by atoms with E-state index < -0.39 is 37.8 Å². The number of rotatable bonds is 5. The second kappa shape index (κ2) is 8.30. The van der Waals surface area contributed by atoms with E-state index in [-0.39, 0.29) is 17.6 Å². The number of ketones is 1. The van der Waals surface area contributed by atoms with E-state index in [1.54, 1.807) is 20.8 Å². The van der Waals surface area contributed by atoms with Gasteiger partial charge in [0, 0.05) is 19.0 Å². The Morgan fingerprint density at radius 2 is 1.63 bits per heavy atom. The summed E-state index contributed by atoms with van der Waals surface area (Å²) in [5.74, 6) is -1.54. The molecule has 1 rings (SSSR count). The summed E-state index contributed by atoms with van der Waals surface area (Å²) in [7, 11) is -0.864. The highest BCUT2D eigenvalue weighted by molar-refractivity contribution is 6.74. The zero-order chi connectivity index (χ0) is 21.2. The Morgan fingerprint density at radius 3 is 2.07 bits per heavy atom. The predicted octanol–water partition coefficient (Wildman–Crippen LogP) is 3.52. The monoisotopic (exact) mass is 401 g/mol. The van der Waals surface area contributed by atoms with E-state index in [1.165, 1.54) is 12.0 Å². The Bertz CT molecular complexity index is 576. The first kappa shape index (κ1) is 23.6. The first-order valence-electron chi connectivity index (χ1n) is 9.36.